The maximum absolute atomic E-state index is 10.4. The first-order valence-electron chi connectivity index (χ1n) is 2.04. The summed E-state index contributed by atoms with van der Waals surface area (Å²) >= 11 is 0.867. The third-order valence-electron chi connectivity index (χ3n) is 0.695. The van der Waals surface area contributed by atoms with Crippen LogP contribution in [0.2, 0.25) is 0 Å². The number of hydrogen-bond donors (Lipinski definition) is 1. The zero-order valence-corrected chi connectivity index (χ0v) is 5.95. The lowest BCUT2D eigenvalue weighted by Crippen LogP contribution is -2.09. The summed E-state index contributed by atoms with van der Waals surface area (Å²) in [6.07, 6.45) is 1.39. The molecule has 0 bridgehead atoms. The second-order valence-electron chi connectivity index (χ2n) is 1.38. The number of sulfonamides is 1. The van der Waals surface area contributed by atoms with Crippen molar-refractivity contribution in [3.05, 3.63) is 12.3 Å². The highest BCUT2D eigenvalue weighted by Gasteiger charge is 2.07. The van der Waals surface area contributed by atoms with Crippen molar-refractivity contribution in [2.24, 2.45) is 5.14 Å². The van der Waals surface area contributed by atoms with Crippen LogP contribution in [0.5, 0.6) is 0 Å². The Morgan fingerprint density at radius 3 is 2.56 bits per heavy atom. The molecular weight excluding hydrogens is 160 g/mol. The lowest BCUT2D eigenvalue weighted by molar-refractivity contribution is 0.600. The number of primary sulfonamides is 1. The van der Waals surface area contributed by atoms with Crippen molar-refractivity contribution in [3.8, 4) is 0 Å². The summed E-state index contributed by atoms with van der Waals surface area (Å²) in [5.74, 6) is 0. The van der Waals surface area contributed by atoms with Gasteiger partial charge in [0.2, 0.25) is 10.0 Å². The fraction of sp³-hybridized carbons (Fsp3) is 0. The zero-order chi connectivity index (χ0) is 6.91. The smallest absolute Gasteiger partial charge is 0.224 e. The predicted molar refractivity (Wildman–Crippen MR) is 33.5 cm³/mol. The van der Waals surface area contributed by atoms with Gasteiger partial charge in [0.1, 0.15) is 0 Å². The van der Waals surface area contributed by atoms with Gasteiger partial charge in [-0.3, -0.25) is 0 Å². The van der Waals surface area contributed by atoms with Crippen LogP contribution in [0.25, 0.3) is 0 Å². The van der Waals surface area contributed by atoms with E-state index in [9.17, 15) is 8.42 Å². The number of aromatic nitrogens is 1. The standard InChI is InChI=1S/C3H4N2O2S2/c4-9(6,7)3-1-2-5-8-3/h1-2H,(H2,4,6,7). The first-order chi connectivity index (χ1) is 4.11. The van der Waals surface area contributed by atoms with Gasteiger partial charge in [-0.15, -0.1) is 0 Å². The van der Waals surface area contributed by atoms with E-state index in [0.29, 0.717) is 0 Å². The van der Waals surface area contributed by atoms with Gasteiger partial charge in [-0.25, -0.2) is 13.6 Å². The minimum Gasteiger partial charge on any atom is -0.224 e. The monoisotopic (exact) mass is 164 g/mol. The first kappa shape index (κ1) is 6.66. The van der Waals surface area contributed by atoms with Crippen molar-refractivity contribution in [2.75, 3.05) is 0 Å². The highest BCUT2D eigenvalue weighted by molar-refractivity contribution is 7.91. The summed E-state index contributed by atoms with van der Waals surface area (Å²) in [5, 5.41) is 4.74. The summed E-state index contributed by atoms with van der Waals surface area (Å²) in [6.45, 7) is 0. The lowest BCUT2D eigenvalue weighted by atomic mass is 10.8. The average molecular weight is 164 g/mol. The molecule has 0 aliphatic carbocycles. The molecule has 0 unspecified atom stereocenters. The quantitative estimate of drug-likeness (QED) is 0.624. The Labute approximate surface area is 56.5 Å². The topological polar surface area (TPSA) is 73.1 Å². The molecule has 0 fully saturated rings. The van der Waals surface area contributed by atoms with E-state index in [1.54, 1.807) is 0 Å². The Balaban J connectivity index is 3.20. The number of nitrogens with zero attached hydrogens (tertiary/aromatic N) is 1. The minimum atomic E-state index is -3.50. The summed E-state index contributed by atoms with van der Waals surface area (Å²) in [6, 6.07) is 1.36. The van der Waals surface area contributed by atoms with E-state index < -0.39 is 10.0 Å². The molecule has 0 aromatic carbocycles. The molecule has 0 radical (unpaired) electrons. The second-order valence-corrected chi connectivity index (χ2v) is 4.00. The van der Waals surface area contributed by atoms with Gasteiger partial charge in [0.25, 0.3) is 0 Å². The van der Waals surface area contributed by atoms with Gasteiger partial charge < -0.3 is 0 Å². The summed E-state index contributed by atoms with van der Waals surface area (Å²) in [7, 11) is -3.50. The van der Waals surface area contributed by atoms with Gasteiger partial charge in [0.15, 0.2) is 4.21 Å². The van der Waals surface area contributed by atoms with Gasteiger partial charge in [0, 0.05) is 6.20 Å². The van der Waals surface area contributed by atoms with Crippen LogP contribution >= 0.6 is 11.5 Å². The van der Waals surface area contributed by atoms with Crippen LogP contribution in [-0.2, 0) is 10.0 Å². The summed E-state index contributed by atoms with van der Waals surface area (Å²) in [4.78, 5) is 0. The van der Waals surface area contributed by atoms with Crippen molar-refractivity contribution >= 4 is 21.6 Å². The fourth-order valence-corrected chi connectivity index (χ4v) is 1.49. The Bertz CT molecular complexity index is 275. The van der Waals surface area contributed by atoms with Crippen LogP contribution < -0.4 is 5.14 Å². The molecule has 1 heterocycles. The van der Waals surface area contributed by atoms with Gasteiger partial charge in [-0.05, 0) is 17.6 Å². The van der Waals surface area contributed by atoms with Crippen molar-refractivity contribution in [2.45, 2.75) is 4.21 Å². The van der Waals surface area contributed by atoms with Gasteiger partial charge in [0.05, 0.1) is 0 Å². The molecule has 0 saturated heterocycles. The van der Waals surface area contributed by atoms with Crippen LogP contribution in [0, 0.1) is 0 Å². The molecule has 1 aromatic heterocycles. The molecule has 50 valence electrons. The van der Waals surface area contributed by atoms with Crippen LogP contribution in [0.15, 0.2) is 16.5 Å². The molecule has 0 saturated carbocycles. The summed E-state index contributed by atoms with van der Waals surface area (Å²) in [5.41, 5.74) is 0. The van der Waals surface area contributed by atoms with Crippen LogP contribution in [0.4, 0.5) is 0 Å². The van der Waals surface area contributed by atoms with Crippen LogP contribution in [0.1, 0.15) is 0 Å². The van der Waals surface area contributed by atoms with Gasteiger partial charge in [-0.1, -0.05) is 0 Å². The predicted octanol–water partition coefficient (Wildman–Crippen LogP) is -0.209. The SMILES string of the molecule is NS(=O)(=O)c1ccns1. The summed E-state index contributed by atoms with van der Waals surface area (Å²) < 4.78 is 24.6. The van der Waals surface area contributed by atoms with Crippen molar-refractivity contribution < 1.29 is 8.42 Å². The molecule has 4 nitrogen and oxygen atoms in total. The third-order valence-corrected chi connectivity index (χ3v) is 2.86. The Morgan fingerprint density at radius 1 is 1.67 bits per heavy atom. The molecule has 9 heavy (non-hydrogen) atoms. The first-order valence-corrected chi connectivity index (χ1v) is 4.36. The molecule has 1 aromatic rings. The van der Waals surface area contributed by atoms with E-state index in [2.05, 4.69) is 4.37 Å². The van der Waals surface area contributed by atoms with E-state index in [4.69, 9.17) is 5.14 Å². The molecule has 0 amide bonds. The fourth-order valence-electron chi connectivity index (χ4n) is 0.351. The second kappa shape index (κ2) is 2.05. The molecule has 0 aliphatic rings. The van der Waals surface area contributed by atoms with Crippen molar-refractivity contribution in [1.82, 2.24) is 4.37 Å². The Hall–Kier alpha value is -0.460. The number of rotatable bonds is 1. The molecule has 0 aliphatic heterocycles. The highest BCUT2D eigenvalue weighted by atomic mass is 32.2. The maximum Gasteiger partial charge on any atom is 0.249 e. The minimum absolute atomic E-state index is 0.0995. The third kappa shape index (κ3) is 1.47. The van der Waals surface area contributed by atoms with Crippen LogP contribution in [-0.4, -0.2) is 12.8 Å². The largest absolute Gasteiger partial charge is 0.249 e. The molecule has 0 atom stereocenters. The van der Waals surface area contributed by atoms with Gasteiger partial charge in [-0.2, -0.15) is 4.37 Å². The lowest BCUT2D eigenvalue weighted by Gasteiger charge is -1.85. The zero-order valence-electron chi connectivity index (χ0n) is 4.31. The van der Waals surface area contributed by atoms with E-state index in [1.165, 1.54) is 12.3 Å². The number of nitrogens with two attached hydrogens (primary N) is 1. The van der Waals surface area contributed by atoms with E-state index in [1.807, 2.05) is 0 Å². The molecule has 1 rings (SSSR count). The molecule has 0 spiro atoms. The van der Waals surface area contributed by atoms with E-state index in [-0.39, 0.29) is 4.21 Å². The molecule has 2 N–H and O–H groups in total. The Morgan fingerprint density at radius 2 is 2.33 bits per heavy atom. The normalized spacial score (nSPS) is 11.7. The average Bonchev–Trinajstić information content (AvgIpc) is 2.08. The van der Waals surface area contributed by atoms with Crippen molar-refractivity contribution in [3.63, 3.8) is 0 Å². The van der Waals surface area contributed by atoms with Crippen molar-refractivity contribution in [1.29, 1.82) is 0 Å². The molecular formula is C3H4N2O2S2. The van der Waals surface area contributed by atoms with Crippen LogP contribution in [0.3, 0.4) is 0 Å². The Kier molecular flexibility index (Phi) is 1.52. The van der Waals surface area contributed by atoms with Gasteiger partial charge >= 0.3 is 0 Å². The highest BCUT2D eigenvalue weighted by Crippen LogP contribution is 2.08. The maximum atomic E-state index is 10.4. The van der Waals surface area contributed by atoms with E-state index in [0.717, 1.165) is 11.5 Å². The number of hydrogen-bond acceptors (Lipinski definition) is 4. The van der Waals surface area contributed by atoms with E-state index >= 15 is 0 Å². The molecule has 6 heteroatoms.